The van der Waals surface area contributed by atoms with E-state index in [0.29, 0.717) is 12.2 Å². The predicted octanol–water partition coefficient (Wildman–Crippen LogP) is -0.926. The quantitative estimate of drug-likeness (QED) is 0.351. The molecule has 1 unspecified atom stereocenters. The van der Waals surface area contributed by atoms with E-state index < -0.39 is 13.8 Å². The van der Waals surface area contributed by atoms with Crippen LogP contribution in [0.1, 0.15) is 0 Å². The standard InChI is InChI=1S/C8H12N5O5P/c9-8-11-6-5(7(14)12-8)10-3-13(6)1-2-17-4-18-19(15)16/h3,19H,1-2,4H2,(H,15,16)(H3,9,11,12,14). The van der Waals surface area contributed by atoms with Crippen LogP contribution in [-0.4, -0.2) is 37.8 Å². The molecule has 0 aromatic carbocycles. The van der Waals surface area contributed by atoms with E-state index in [1.165, 1.54) is 6.33 Å². The summed E-state index contributed by atoms with van der Waals surface area (Å²) >= 11 is 0. The highest BCUT2D eigenvalue weighted by molar-refractivity contribution is 7.32. The van der Waals surface area contributed by atoms with Gasteiger partial charge in [0.1, 0.15) is 0 Å². The van der Waals surface area contributed by atoms with E-state index in [4.69, 9.17) is 15.4 Å². The first kappa shape index (κ1) is 13.7. The van der Waals surface area contributed by atoms with Gasteiger partial charge >= 0.3 is 8.25 Å². The molecule has 2 rings (SSSR count). The summed E-state index contributed by atoms with van der Waals surface area (Å²) in [5.74, 6) is 0.00220. The molecule has 104 valence electrons. The fraction of sp³-hybridized carbons (Fsp3) is 0.375. The summed E-state index contributed by atoms with van der Waals surface area (Å²) in [7, 11) is -2.98. The number of rotatable bonds is 6. The summed E-state index contributed by atoms with van der Waals surface area (Å²) in [6.45, 7) is 0.272. The number of H-pyrrole nitrogens is 1. The van der Waals surface area contributed by atoms with Gasteiger partial charge in [-0.1, -0.05) is 0 Å². The molecular weight excluding hydrogens is 277 g/mol. The average Bonchev–Trinajstić information content (AvgIpc) is 2.72. The van der Waals surface area contributed by atoms with Crippen molar-refractivity contribution < 1.29 is 18.7 Å². The number of ether oxygens (including phenoxy) is 1. The molecule has 4 N–H and O–H groups in total. The molecule has 19 heavy (non-hydrogen) atoms. The van der Waals surface area contributed by atoms with E-state index >= 15 is 0 Å². The molecule has 0 spiro atoms. The molecule has 0 bridgehead atoms. The van der Waals surface area contributed by atoms with Crippen molar-refractivity contribution in [2.24, 2.45) is 0 Å². The Morgan fingerprint density at radius 3 is 3.11 bits per heavy atom. The van der Waals surface area contributed by atoms with Crippen LogP contribution >= 0.6 is 8.25 Å². The fourth-order valence-electron chi connectivity index (χ4n) is 1.45. The van der Waals surface area contributed by atoms with Gasteiger partial charge in [-0.2, -0.15) is 4.98 Å². The first-order valence-electron chi connectivity index (χ1n) is 5.22. The SMILES string of the molecule is Nc1nc2c(ncn2CCOCO[PH](=O)O)c(=O)[nH]1. The average molecular weight is 289 g/mol. The molecule has 0 fully saturated rings. The minimum Gasteiger partial charge on any atom is -0.369 e. The summed E-state index contributed by atoms with van der Waals surface area (Å²) < 4.78 is 21.2. The number of anilines is 1. The van der Waals surface area contributed by atoms with Crippen LogP contribution in [0.3, 0.4) is 0 Å². The Morgan fingerprint density at radius 1 is 1.58 bits per heavy atom. The maximum absolute atomic E-state index is 11.5. The van der Waals surface area contributed by atoms with Gasteiger partial charge in [0.2, 0.25) is 5.95 Å². The number of nitrogen functional groups attached to an aromatic ring is 1. The third kappa shape index (κ3) is 3.38. The molecule has 11 heteroatoms. The molecule has 1 atom stereocenters. The summed E-state index contributed by atoms with van der Waals surface area (Å²) in [5, 5.41) is 0. The van der Waals surface area contributed by atoms with Crippen molar-refractivity contribution >= 4 is 25.4 Å². The van der Waals surface area contributed by atoms with Crippen LogP contribution < -0.4 is 11.3 Å². The van der Waals surface area contributed by atoms with Gasteiger partial charge in [-0.25, -0.2) is 4.98 Å². The van der Waals surface area contributed by atoms with Crippen LogP contribution in [0.2, 0.25) is 0 Å². The maximum atomic E-state index is 11.5. The summed E-state index contributed by atoms with van der Waals surface area (Å²) in [6.07, 6.45) is 1.44. The highest BCUT2D eigenvalue weighted by Gasteiger charge is 2.08. The van der Waals surface area contributed by atoms with E-state index in [9.17, 15) is 9.36 Å². The summed E-state index contributed by atoms with van der Waals surface area (Å²) in [4.78, 5) is 30.1. The van der Waals surface area contributed by atoms with Crippen LogP contribution in [-0.2, 0) is 20.4 Å². The van der Waals surface area contributed by atoms with E-state index in [-0.39, 0.29) is 24.9 Å². The van der Waals surface area contributed by atoms with E-state index in [2.05, 4.69) is 19.5 Å². The Kier molecular flexibility index (Phi) is 4.27. The topological polar surface area (TPSA) is 145 Å². The summed E-state index contributed by atoms with van der Waals surface area (Å²) in [6, 6.07) is 0. The van der Waals surface area contributed by atoms with Crippen LogP contribution in [0.15, 0.2) is 11.1 Å². The number of hydrogen-bond donors (Lipinski definition) is 3. The number of aromatic nitrogens is 4. The Hall–Kier alpha value is -1.74. The van der Waals surface area contributed by atoms with Gasteiger partial charge in [0.25, 0.3) is 5.56 Å². The molecule has 2 heterocycles. The smallest absolute Gasteiger partial charge is 0.318 e. The van der Waals surface area contributed by atoms with Crippen LogP contribution in [0.4, 0.5) is 5.95 Å². The lowest BCUT2D eigenvalue weighted by Gasteiger charge is -2.05. The predicted molar refractivity (Wildman–Crippen MR) is 65.7 cm³/mol. The second kappa shape index (κ2) is 5.93. The molecule has 0 amide bonds. The molecule has 0 radical (unpaired) electrons. The molecule has 10 nitrogen and oxygen atoms in total. The van der Waals surface area contributed by atoms with Gasteiger partial charge < -0.3 is 19.9 Å². The Morgan fingerprint density at radius 2 is 2.37 bits per heavy atom. The van der Waals surface area contributed by atoms with Crippen molar-refractivity contribution in [3.05, 3.63) is 16.7 Å². The first-order chi connectivity index (χ1) is 9.08. The van der Waals surface area contributed by atoms with Crippen LogP contribution in [0.5, 0.6) is 0 Å². The van der Waals surface area contributed by atoms with Gasteiger partial charge in [-0.15, -0.1) is 0 Å². The molecule has 2 aromatic heterocycles. The zero-order valence-corrected chi connectivity index (χ0v) is 10.7. The number of nitrogens with two attached hydrogens (primary N) is 1. The normalized spacial score (nSPS) is 12.9. The monoisotopic (exact) mass is 289 g/mol. The first-order valence-corrected chi connectivity index (χ1v) is 6.48. The van der Waals surface area contributed by atoms with E-state index in [1.807, 2.05) is 0 Å². The molecule has 0 aliphatic rings. The second-order valence-corrected chi connectivity index (χ2v) is 4.32. The fourth-order valence-corrected chi connectivity index (χ4v) is 1.63. The lowest BCUT2D eigenvalue weighted by molar-refractivity contribution is 0.0106. The van der Waals surface area contributed by atoms with Crippen molar-refractivity contribution in [2.45, 2.75) is 6.54 Å². The molecule has 0 aliphatic heterocycles. The highest BCUT2D eigenvalue weighted by atomic mass is 31.1. The van der Waals surface area contributed by atoms with Gasteiger partial charge in [0.15, 0.2) is 18.0 Å². The minimum absolute atomic E-state index is 0.00220. The van der Waals surface area contributed by atoms with Crippen molar-refractivity contribution in [2.75, 3.05) is 19.1 Å². The van der Waals surface area contributed by atoms with Crippen molar-refractivity contribution in [3.8, 4) is 0 Å². The number of nitrogens with zero attached hydrogens (tertiary/aromatic N) is 3. The second-order valence-electron chi connectivity index (χ2n) is 3.50. The molecular formula is C8H12N5O5P. The van der Waals surface area contributed by atoms with Gasteiger partial charge in [-0.3, -0.25) is 18.9 Å². The number of fused-ring (bicyclic) bond motifs is 1. The maximum Gasteiger partial charge on any atom is 0.318 e. The number of nitrogens with one attached hydrogen (secondary N) is 1. The molecule has 0 aliphatic carbocycles. The number of imidazole rings is 1. The zero-order valence-electron chi connectivity index (χ0n) is 9.70. The Labute approximate surface area is 107 Å². The Balaban J connectivity index is 2.01. The molecule has 2 aromatic rings. The number of hydrogen-bond acceptors (Lipinski definition) is 7. The van der Waals surface area contributed by atoms with Gasteiger partial charge in [-0.05, 0) is 0 Å². The van der Waals surface area contributed by atoms with Crippen LogP contribution in [0, 0.1) is 0 Å². The van der Waals surface area contributed by atoms with Crippen LogP contribution in [0.25, 0.3) is 11.2 Å². The largest absolute Gasteiger partial charge is 0.369 e. The Bertz CT molecular complexity index is 653. The van der Waals surface area contributed by atoms with Crippen molar-refractivity contribution in [3.63, 3.8) is 0 Å². The third-order valence-electron chi connectivity index (χ3n) is 2.24. The van der Waals surface area contributed by atoms with Crippen molar-refractivity contribution in [1.29, 1.82) is 0 Å². The number of aromatic amines is 1. The zero-order chi connectivity index (χ0) is 13.8. The third-order valence-corrected chi connectivity index (χ3v) is 2.60. The van der Waals surface area contributed by atoms with Gasteiger partial charge in [0.05, 0.1) is 12.9 Å². The van der Waals surface area contributed by atoms with Gasteiger partial charge in [0, 0.05) is 6.54 Å². The van der Waals surface area contributed by atoms with E-state index in [0.717, 1.165) is 0 Å². The minimum atomic E-state index is -2.98. The lowest BCUT2D eigenvalue weighted by Crippen LogP contribution is -2.13. The lowest BCUT2D eigenvalue weighted by atomic mass is 10.5. The van der Waals surface area contributed by atoms with Crippen molar-refractivity contribution in [1.82, 2.24) is 19.5 Å². The molecule has 0 saturated heterocycles. The molecule has 0 saturated carbocycles. The van der Waals surface area contributed by atoms with E-state index in [1.54, 1.807) is 4.57 Å². The summed E-state index contributed by atoms with van der Waals surface area (Å²) in [5.41, 5.74) is 5.57. The highest BCUT2D eigenvalue weighted by Crippen LogP contribution is 2.13.